The van der Waals surface area contributed by atoms with Crippen LogP contribution in [0.15, 0.2) is 18.3 Å². The van der Waals surface area contributed by atoms with Gasteiger partial charge < -0.3 is 14.4 Å². The summed E-state index contributed by atoms with van der Waals surface area (Å²) in [7, 11) is 3.32. The van der Waals surface area contributed by atoms with E-state index in [4.69, 9.17) is 9.47 Å². The first-order valence-electron chi connectivity index (χ1n) is 5.56. The quantitative estimate of drug-likeness (QED) is 0.855. The third kappa shape index (κ3) is 2.27. The van der Waals surface area contributed by atoms with Crippen LogP contribution in [-0.4, -0.2) is 25.7 Å². The smallest absolute Gasteiger partial charge is 0.161 e. The molecule has 3 nitrogen and oxygen atoms in total. The van der Waals surface area contributed by atoms with Crippen molar-refractivity contribution in [2.45, 2.75) is 13.5 Å². The number of halogens is 1. The van der Waals surface area contributed by atoms with Crippen molar-refractivity contribution in [2.75, 3.05) is 20.8 Å². The van der Waals surface area contributed by atoms with Crippen molar-refractivity contribution in [1.29, 1.82) is 0 Å². The van der Waals surface area contributed by atoms with Gasteiger partial charge in [0.05, 0.1) is 14.2 Å². The molecule has 0 unspecified atom stereocenters. The SMILES string of the molecule is CCN1C=C(Br)c2cc(OC)c(OC)cc2C1. The Morgan fingerprint density at radius 3 is 2.47 bits per heavy atom. The molecule has 0 saturated carbocycles. The third-order valence-electron chi connectivity index (χ3n) is 2.94. The Morgan fingerprint density at radius 1 is 1.24 bits per heavy atom. The molecule has 2 rings (SSSR count). The van der Waals surface area contributed by atoms with Gasteiger partial charge in [-0.1, -0.05) is 0 Å². The second kappa shape index (κ2) is 5.00. The van der Waals surface area contributed by atoms with E-state index in [-0.39, 0.29) is 0 Å². The summed E-state index contributed by atoms with van der Waals surface area (Å²) in [4.78, 5) is 2.25. The molecule has 1 heterocycles. The second-order valence-electron chi connectivity index (χ2n) is 3.90. The topological polar surface area (TPSA) is 21.7 Å². The Morgan fingerprint density at radius 2 is 1.88 bits per heavy atom. The van der Waals surface area contributed by atoms with Gasteiger partial charge in [-0.2, -0.15) is 0 Å². The van der Waals surface area contributed by atoms with Crippen LogP contribution in [0.4, 0.5) is 0 Å². The maximum Gasteiger partial charge on any atom is 0.161 e. The van der Waals surface area contributed by atoms with Gasteiger partial charge in [0.25, 0.3) is 0 Å². The van der Waals surface area contributed by atoms with Gasteiger partial charge in [0.1, 0.15) is 0 Å². The summed E-state index contributed by atoms with van der Waals surface area (Å²) < 4.78 is 11.7. The highest BCUT2D eigenvalue weighted by molar-refractivity contribution is 9.15. The average Bonchev–Trinajstić information content (AvgIpc) is 2.36. The molecule has 1 aliphatic heterocycles. The van der Waals surface area contributed by atoms with Crippen molar-refractivity contribution in [3.05, 3.63) is 29.5 Å². The molecule has 17 heavy (non-hydrogen) atoms. The van der Waals surface area contributed by atoms with Crippen molar-refractivity contribution in [3.63, 3.8) is 0 Å². The molecule has 1 aromatic carbocycles. The van der Waals surface area contributed by atoms with Crippen LogP contribution in [0.1, 0.15) is 18.1 Å². The van der Waals surface area contributed by atoms with E-state index < -0.39 is 0 Å². The van der Waals surface area contributed by atoms with Crippen molar-refractivity contribution >= 4 is 20.4 Å². The Bertz CT molecular complexity index is 457. The highest BCUT2D eigenvalue weighted by atomic mass is 79.9. The standard InChI is InChI=1S/C13H16BrNO2/c1-4-15-7-9-5-12(16-2)13(17-3)6-10(9)11(14)8-15/h5-6,8H,4,7H2,1-3H3. The number of hydrogen-bond donors (Lipinski definition) is 0. The van der Waals surface area contributed by atoms with E-state index >= 15 is 0 Å². The zero-order valence-corrected chi connectivity index (χ0v) is 11.9. The third-order valence-corrected chi connectivity index (χ3v) is 3.57. The summed E-state index contributed by atoms with van der Waals surface area (Å²) in [5.74, 6) is 1.55. The lowest BCUT2D eigenvalue weighted by Gasteiger charge is -2.26. The maximum atomic E-state index is 5.33. The number of benzene rings is 1. The minimum atomic E-state index is 0.765. The van der Waals surface area contributed by atoms with Crippen LogP contribution in [0, 0.1) is 0 Å². The summed E-state index contributed by atoms with van der Waals surface area (Å²) in [6.45, 7) is 4.03. The number of ether oxygens (including phenoxy) is 2. The minimum absolute atomic E-state index is 0.765. The van der Waals surface area contributed by atoms with Crippen LogP contribution in [0.3, 0.4) is 0 Å². The molecule has 4 heteroatoms. The zero-order chi connectivity index (χ0) is 12.4. The zero-order valence-electron chi connectivity index (χ0n) is 10.3. The highest BCUT2D eigenvalue weighted by Crippen LogP contribution is 2.38. The van der Waals surface area contributed by atoms with E-state index in [0.717, 1.165) is 29.1 Å². The van der Waals surface area contributed by atoms with Crippen molar-refractivity contribution in [2.24, 2.45) is 0 Å². The Kier molecular flexibility index (Phi) is 3.62. The number of fused-ring (bicyclic) bond motifs is 1. The Hall–Kier alpha value is -1.16. The van der Waals surface area contributed by atoms with Gasteiger partial charge >= 0.3 is 0 Å². The normalized spacial score (nSPS) is 14.1. The van der Waals surface area contributed by atoms with Crippen LogP contribution >= 0.6 is 15.9 Å². The summed E-state index contributed by atoms with van der Waals surface area (Å²) in [5.41, 5.74) is 2.42. The van der Waals surface area contributed by atoms with Crippen LogP contribution in [0.25, 0.3) is 4.48 Å². The maximum absolute atomic E-state index is 5.33. The van der Waals surface area contributed by atoms with Gasteiger partial charge in [-0.25, -0.2) is 0 Å². The number of rotatable bonds is 3. The molecule has 0 aliphatic carbocycles. The molecule has 0 amide bonds. The Balaban J connectivity index is 2.49. The fraction of sp³-hybridized carbons (Fsp3) is 0.385. The van der Waals surface area contributed by atoms with Gasteiger partial charge in [0.2, 0.25) is 0 Å². The lowest BCUT2D eigenvalue weighted by Crippen LogP contribution is -2.20. The molecule has 0 saturated heterocycles. The average molecular weight is 298 g/mol. The van der Waals surface area contributed by atoms with E-state index in [1.54, 1.807) is 14.2 Å². The first-order valence-corrected chi connectivity index (χ1v) is 6.35. The Labute approximate surface area is 110 Å². The number of nitrogens with zero attached hydrogens (tertiary/aromatic N) is 1. The van der Waals surface area contributed by atoms with E-state index in [0.29, 0.717) is 0 Å². The molecule has 0 atom stereocenters. The summed E-state index contributed by atoms with van der Waals surface area (Å²) in [6.07, 6.45) is 2.12. The molecule has 0 radical (unpaired) electrons. The van der Waals surface area contributed by atoms with Gasteiger partial charge in [0.15, 0.2) is 11.5 Å². The monoisotopic (exact) mass is 297 g/mol. The molecular formula is C13H16BrNO2. The molecule has 92 valence electrons. The molecule has 0 spiro atoms. The van der Waals surface area contributed by atoms with E-state index in [1.165, 1.54) is 11.1 Å². The highest BCUT2D eigenvalue weighted by Gasteiger charge is 2.18. The lowest BCUT2D eigenvalue weighted by molar-refractivity contribution is 0.350. The van der Waals surface area contributed by atoms with E-state index in [2.05, 4.69) is 34.0 Å². The second-order valence-corrected chi connectivity index (χ2v) is 4.76. The van der Waals surface area contributed by atoms with E-state index in [1.807, 2.05) is 12.1 Å². The van der Waals surface area contributed by atoms with Crippen LogP contribution in [0.2, 0.25) is 0 Å². The van der Waals surface area contributed by atoms with Gasteiger partial charge in [-0.3, -0.25) is 0 Å². The lowest BCUT2D eigenvalue weighted by atomic mass is 10.0. The molecule has 0 N–H and O–H groups in total. The van der Waals surface area contributed by atoms with Crippen molar-refractivity contribution in [3.8, 4) is 11.5 Å². The molecule has 1 aromatic rings. The van der Waals surface area contributed by atoms with E-state index in [9.17, 15) is 0 Å². The predicted octanol–water partition coefficient (Wildman–Crippen LogP) is 3.23. The molecular weight excluding hydrogens is 282 g/mol. The van der Waals surface area contributed by atoms with Crippen LogP contribution < -0.4 is 9.47 Å². The first kappa shape index (κ1) is 12.3. The summed E-state index contributed by atoms with van der Waals surface area (Å²) in [6, 6.07) is 4.06. The van der Waals surface area contributed by atoms with Gasteiger partial charge in [-0.05, 0) is 46.1 Å². The number of hydrogen-bond acceptors (Lipinski definition) is 3. The largest absolute Gasteiger partial charge is 0.493 e. The molecule has 0 bridgehead atoms. The van der Waals surface area contributed by atoms with Gasteiger partial charge in [-0.15, -0.1) is 0 Å². The van der Waals surface area contributed by atoms with Crippen LogP contribution in [0.5, 0.6) is 11.5 Å². The fourth-order valence-electron chi connectivity index (χ4n) is 1.97. The molecule has 0 aromatic heterocycles. The molecule has 0 fully saturated rings. The van der Waals surface area contributed by atoms with Gasteiger partial charge in [0, 0.05) is 23.8 Å². The van der Waals surface area contributed by atoms with Crippen molar-refractivity contribution < 1.29 is 9.47 Å². The van der Waals surface area contributed by atoms with Crippen LogP contribution in [-0.2, 0) is 6.54 Å². The summed E-state index contributed by atoms with van der Waals surface area (Å²) >= 11 is 3.60. The minimum Gasteiger partial charge on any atom is -0.493 e. The summed E-state index contributed by atoms with van der Waals surface area (Å²) in [5, 5.41) is 0. The van der Waals surface area contributed by atoms with Crippen molar-refractivity contribution in [1.82, 2.24) is 4.90 Å². The molecule has 1 aliphatic rings. The predicted molar refractivity (Wildman–Crippen MR) is 72.5 cm³/mol. The number of methoxy groups -OCH3 is 2. The fourth-order valence-corrected chi connectivity index (χ4v) is 2.63. The first-order chi connectivity index (χ1) is 8.19.